The van der Waals surface area contributed by atoms with Crippen LogP contribution in [0.25, 0.3) is 0 Å². The summed E-state index contributed by atoms with van der Waals surface area (Å²) < 4.78 is 5.95. The topological polar surface area (TPSA) is 55.3 Å². The molecule has 23 heavy (non-hydrogen) atoms. The van der Waals surface area contributed by atoms with Crippen molar-refractivity contribution in [1.29, 1.82) is 0 Å². The van der Waals surface area contributed by atoms with Gasteiger partial charge in [0.15, 0.2) is 5.82 Å². The SMILES string of the molecule is COc1cccc(CC2CCN(c3cnc(Br)c(C)n3)C2=O)c1. The lowest BCUT2D eigenvalue weighted by Gasteiger charge is -2.16. The van der Waals surface area contributed by atoms with Crippen molar-refractivity contribution in [3.05, 3.63) is 46.3 Å². The molecule has 0 bridgehead atoms. The monoisotopic (exact) mass is 375 g/mol. The van der Waals surface area contributed by atoms with Crippen molar-refractivity contribution < 1.29 is 9.53 Å². The molecule has 1 aliphatic rings. The summed E-state index contributed by atoms with van der Waals surface area (Å²) in [6, 6.07) is 7.88. The van der Waals surface area contributed by atoms with Crippen molar-refractivity contribution in [2.24, 2.45) is 5.92 Å². The molecule has 1 fully saturated rings. The molecule has 1 unspecified atom stereocenters. The Bertz CT molecular complexity index is 736. The zero-order valence-electron chi connectivity index (χ0n) is 13.1. The van der Waals surface area contributed by atoms with Crippen LogP contribution in [0.2, 0.25) is 0 Å². The van der Waals surface area contributed by atoms with Crippen LogP contribution in [0.4, 0.5) is 5.82 Å². The van der Waals surface area contributed by atoms with E-state index in [1.807, 2.05) is 31.2 Å². The van der Waals surface area contributed by atoms with Crippen LogP contribution in [0.1, 0.15) is 17.7 Å². The van der Waals surface area contributed by atoms with Gasteiger partial charge < -0.3 is 4.74 Å². The molecule has 1 aromatic heterocycles. The molecule has 1 amide bonds. The molecule has 120 valence electrons. The number of aromatic nitrogens is 2. The molecular formula is C17H18BrN3O2. The summed E-state index contributed by atoms with van der Waals surface area (Å²) in [6.45, 7) is 2.55. The lowest BCUT2D eigenvalue weighted by molar-refractivity contribution is -0.120. The van der Waals surface area contributed by atoms with Crippen LogP contribution in [0, 0.1) is 12.8 Å². The number of amides is 1. The summed E-state index contributed by atoms with van der Waals surface area (Å²) in [6.07, 6.45) is 3.19. The number of rotatable bonds is 4. The van der Waals surface area contributed by atoms with Crippen LogP contribution in [-0.2, 0) is 11.2 Å². The standard InChI is InChI=1S/C17H18BrN3O2/c1-11-16(18)19-10-15(20-11)21-7-6-13(17(21)22)8-12-4-3-5-14(9-12)23-2/h3-5,9-10,13H,6-8H2,1-2H3. The van der Waals surface area contributed by atoms with Crippen molar-refractivity contribution in [3.63, 3.8) is 0 Å². The Kier molecular flexibility index (Phi) is 4.61. The fourth-order valence-corrected chi connectivity index (χ4v) is 3.02. The zero-order chi connectivity index (χ0) is 16.4. The summed E-state index contributed by atoms with van der Waals surface area (Å²) in [5.74, 6) is 1.54. The number of nitrogens with zero attached hydrogens (tertiary/aromatic N) is 3. The molecule has 6 heteroatoms. The molecule has 2 aromatic rings. The highest BCUT2D eigenvalue weighted by molar-refractivity contribution is 9.10. The van der Waals surface area contributed by atoms with Gasteiger partial charge in [0.25, 0.3) is 0 Å². The number of aryl methyl sites for hydroxylation is 1. The maximum atomic E-state index is 12.7. The van der Waals surface area contributed by atoms with Gasteiger partial charge in [-0.2, -0.15) is 0 Å². The van der Waals surface area contributed by atoms with E-state index in [2.05, 4.69) is 25.9 Å². The third-order valence-corrected chi connectivity index (χ3v) is 4.86. The Balaban J connectivity index is 1.74. The van der Waals surface area contributed by atoms with Crippen LogP contribution >= 0.6 is 15.9 Å². The minimum atomic E-state index is -0.0205. The van der Waals surface area contributed by atoms with Gasteiger partial charge in [0.1, 0.15) is 10.4 Å². The Morgan fingerprint density at radius 3 is 3.00 bits per heavy atom. The third kappa shape index (κ3) is 3.37. The summed E-state index contributed by atoms with van der Waals surface area (Å²) in [7, 11) is 1.65. The van der Waals surface area contributed by atoms with Crippen molar-refractivity contribution in [2.75, 3.05) is 18.6 Å². The van der Waals surface area contributed by atoms with Crippen LogP contribution in [0.3, 0.4) is 0 Å². The minimum absolute atomic E-state index is 0.0205. The molecule has 0 N–H and O–H groups in total. The average molecular weight is 376 g/mol. The first kappa shape index (κ1) is 15.9. The van der Waals surface area contributed by atoms with Crippen LogP contribution < -0.4 is 9.64 Å². The highest BCUT2D eigenvalue weighted by Gasteiger charge is 2.33. The van der Waals surface area contributed by atoms with Crippen molar-refractivity contribution in [3.8, 4) is 5.75 Å². The maximum absolute atomic E-state index is 12.7. The quantitative estimate of drug-likeness (QED) is 0.823. The maximum Gasteiger partial charge on any atom is 0.231 e. The second kappa shape index (κ2) is 6.66. The number of benzene rings is 1. The molecule has 2 heterocycles. The lowest BCUT2D eigenvalue weighted by atomic mass is 9.98. The van der Waals surface area contributed by atoms with Gasteiger partial charge in [-0.3, -0.25) is 9.69 Å². The zero-order valence-corrected chi connectivity index (χ0v) is 14.7. The van der Waals surface area contributed by atoms with Gasteiger partial charge in [0.2, 0.25) is 5.91 Å². The van der Waals surface area contributed by atoms with E-state index >= 15 is 0 Å². The Morgan fingerprint density at radius 2 is 2.26 bits per heavy atom. The van der Waals surface area contributed by atoms with Gasteiger partial charge in [-0.1, -0.05) is 12.1 Å². The van der Waals surface area contributed by atoms with Crippen molar-refractivity contribution in [1.82, 2.24) is 9.97 Å². The first-order valence-corrected chi connectivity index (χ1v) is 8.31. The van der Waals surface area contributed by atoms with Gasteiger partial charge in [-0.05, 0) is 53.4 Å². The fraction of sp³-hybridized carbons (Fsp3) is 0.353. The summed E-state index contributed by atoms with van der Waals surface area (Å²) in [4.78, 5) is 23.1. The number of carbonyl (C=O) groups excluding carboxylic acids is 1. The second-order valence-electron chi connectivity index (χ2n) is 5.64. The van der Waals surface area contributed by atoms with Crippen LogP contribution in [-0.4, -0.2) is 29.5 Å². The number of hydrogen-bond donors (Lipinski definition) is 0. The number of methoxy groups -OCH3 is 1. The summed E-state index contributed by atoms with van der Waals surface area (Å²) in [5.41, 5.74) is 1.90. The third-order valence-electron chi connectivity index (χ3n) is 4.08. The van der Waals surface area contributed by atoms with Crippen molar-refractivity contribution in [2.45, 2.75) is 19.8 Å². The molecular weight excluding hydrogens is 358 g/mol. The van der Waals surface area contributed by atoms with E-state index in [4.69, 9.17) is 4.74 Å². The molecule has 5 nitrogen and oxygen atoms in total. The first-order valence-electron chi connectivity index (χ1n) is 7.52. The molecule has 0 radical (unpaired) electrons. The number of carbonyl (C=O) groups is 1. The predicted octanol–water partition coefficient (Wildman–Crippen LogP) is 3.15. The van der Waals surface area contributed by atoms with E-state index in [9.17, 15) is 4.79 Å². The van der Waals surface area contributed by atoms with E-state index in [0.29, 0.717) is 17.0 Å². The van der Waals surface area contributed by atoms with Crippen LogP contribution in [0.15, 0.2) is 35.1 Å². The van der Waals surface area contributed by atoms with E-state index in [0.717, 1.165) is 29.8 Å². The smallest absolute Gasteiger partial charge is 0.231 e. The molecule has 0 saturated carbocycles. The molecule has 1 aromatic carbocycles. The molecule has 0 spiro atoms. The van der Waals surface area contributed by atoms with E-state index in [1.54, 1.807) is 18.2 Å². The van der Waals surface area contributed by atoms with Gasteiger partial charge in [0.05, 0.1) is 19.0 Å². The fourth-order valence-electron chi connectivity index (χ4n) is 2.82. The summed E-state index contributed by atoms with van der Waals surface area (Å²) in [5, 5.41) is 0. The molecule has 0 aliphatic carbocycles. The first-order chi connectivity index (χ1) is 11.1. The van der Waals surface area contributed by atoms with Crippen LogP contribution in [0.5, 0.6) is 5.75 Å². The average Bonchev–Trinajstić information content (AvgIpc) is 2.91. The Morgan fingerprint density at radius 1 is 1.43 bits per heavy atom. The highest BCUT2D eigenvalue weighted by atomic mass is 79.9. The highest BCUT2D eigenvalue weighted by Crippen LogP contribution is 2.28. The van der Waals surface area contributed by atoms with Gasteiger partial charge in [-0.25, -0.2) is 9.97 Å². The van der Waals surface area contributed by atoms with E-state index in [1.165, 1.54) is 0 Å². The normalized spacial score (nSPS) is 17.6. The van der Waals surface area contributed by atoms with Gasteiger partial charge in [0, 0.05) is 12.5 Å². The van der Waals surface area contributed by atoms with Gasteiger partial charge in [-0.15, -0.1) is 0 Å². The van der Waals surface area contributed by atoms with E-state index in [-0.39, 0.29) is 11.8 Å². The molecule has 3 rings (SSSR count). The Labute approximate surface area is 143 Å². The number of halogens is 1. The predicted molar refractivity (Wildman–Crippen MR) is 91.6 cm³/mol. The molecule has 1 aliphatic heterocycles. The lowest BCUT2D eigenvalue weighted by Crippen LogP contribution is -2.28. The number of anilines is 1. The van der Waals surface area contributed by atoms with Crippen molar-refractivity contribution >= 4 is 27.7 Å². The number of hydrogen-bond acceptors (Lipinski definition) is 4. The largest absolute Gasteiger partial charge is 0.497 e. The number of ether oxygens (including phenoxy) is 1. The van der Waals surface area contributed by atoms with E-state index < -0.39 is 0 Å². The molecule has 1 atom stereocenters. The van der Waals surface area contributed by atoms with Gasteiger partial charge >= 0.3 is 0 Å². The Hall–Kier alpha value is -1.95. The second-order valence-corrected chi connectivity index (χ2v) is 6.39. The summed E-state index contributed by atoms with van der Waals surface area (Å²) >= 11 is 3.33. The minimum Gasteiger partial charge on any atom is -0.497 e. The molecule has 1 saturated heterocycles.